The number of aryl methyl sites for hydroxylation is 3. The molecule has 9 nitrogen and oxygen atoms in total. The third-order valence-corrected chi connectivity index (χ3v) is 10.1. The van der Waals surface area contributed by atoms with Gasteiger partial charge in [-0.25, -0.2) is 4.79 Å². The van der Waals surface area contributed by atoms with Gasteiger partial charge in [-0.1, -0.05) is 44.2 Å². The second-order valence-electron chi connectivity index (χ2n) is 13.5. The number of carboxylic acids is 1. The summed E-state index contributed by atoms with van der Waals surface area (Å²) in [6.45, 7) is 9.92. The first-order valence-corrected chi connectivity index (χ1v) is 18.6. The van der Waals surface area contributed by atoms with Gasteiger partial charge in [0.25, 0.3) is 0 Å². The third kappa shape index (κ3) is 7.89. The maximum atomic E-state index is 13.0. The number of aromatic nitrogens is 3. The molecule has 49 heavy (non-hydrogen) atoms. The average Bonchev–Trinajstić information content (AvgIpc) is 3.83. The van der Waals surface area contributed by atoms with E-state index in [4.69, 9.17) is 19.3 Å². The van der Waals surface area contributed by atoms with Crippen LogP contribution in [0, 0.1) is 0 Å². The van der Waals surface area contributed by atoms with Crippen LogP contribution in [0.2, 0.25) is 0 Å². The average molecular weight is 671 g/mol. The summed E-state index contributed by atoms with van der Waals surface area (Å²) in [5.74, 6) is 0.549. The lowest BCUT2D eigenvalue weighted by molar-refractivity contribution is 0.0683. The fraction of sp³-hybridized carbons (Fsp3) is 0.550. The predicted molar refractivity (Wildman–Crippen MR) is 194 cm³/mol. The molecule has 2 aliphatic carbocycles. The number of carbonyl (C=O) groups is 1. The summed E-state index contributed by atoms with van der Waals surface area (Å²) in [5, 5.41) is 19.9. The van der Waals surface area contributed by atoms with Gasteiger partial charge < -0.3 is 29.2 Å². The first-order chi connectivity index (χ1) is 24.1. The van der Waals surface area contributed by atoms with Crippen LogP contribution in [0.5, 0.6) is 5.75 Å². The summed E-state index contributed by atoms with van der Waals surface area (Å²) in [6, 6.07) is 12.7. The number of hydrogen-bond donors (Lipinski definition) is 2. The van der Waals surface area contributed by atoms with Crippen molar-refractivity contribution in [3.8, 4) is 16.9 Å². The molecule has 0 amide bonds. The minimum absolute atomic E-state index is 0.408. The van der Waals surface area contributed by atoms with Crippen molar-refractivity contribution in [1.82, 2.24) is 19.7 Å². The van der Waals surface area contributed by atoms with Crippen molar-refractivity contribution in [1.29, 1.82) is 0 Å². The lowest BCUT2D eigenvalue weighted by Crippen LogP contribution is -2.12. The van der Waals surface area contributed by atoms with Gasteiger partial charge in [-0.2, -0.15) is 5.10 Å². The molecule has 3 aliphatic rings. The number of hydrogen-bond acceptors (Lipinski definition) is 6. The van der Waals surface area contributed by atoms with Crippen LogP contribution in [0.25, 0.3) is 22.0 Å². The summed E-state index contributed by atoms with van der Waals surface area (Å²) in [4.78, 5) is 13.0. The van der Waals surface area contributed by atoms with Crippen molar-refractivity contribution in [3.63, 3.8) is 0 Å². The quantitative estimate of drug-likeness (QED) is 0.150. The summed E-state index contributed by atoms with van der Waals surface area (Å²) in [5.41, 5.74) is 9.44. The van der Waals surface area contributed by atoms with E-state index in [0.29, 0.717) is 57.5 Å². The van der Waals surface area contributed by atoms with E-state index in [2.05, 4.69) is 64.8 Å². The van der Waals surface area contributed by atoms with Crippen molar-refractivity contribution >= 4 is 16.9 Å². The Hall–Kier alpha value is -3.66. The minimum atomic E-state index is -0.871. The normalized spacial score (nSPS) is 15.9. The molecule has 2 N–H and O–H groups in total. The van der Waals surface area contributed by atoms with E-state index in [9.17, 15) is 9.90 Å². The van der Waals surface area contributed by atoms with Crippen molar-refractivity contribution in [2.45, 2.75) is 104 Å². The standard InChI is InChI=1S/C36H43N3O5.C4H11N/c1-42-22-19-39-30-23-43-20-5-4-18-38-34-27(12-7-13-29(34)32(30)33(37-39)25-16-17-25)28(35(38)36(40)41)14-8-21-44-31-15-6-10-24-9-2-3-11-26(24)31;1-3-5-4-2/h6-7,10,12-13,15,25H,2-5,8-9,11,14,16-23H2,1H3,(H,40,41);5H,3-4H2,1-2H3. The zero-order chi connectivity index (χ0) is 34.2. The number of rotatable bonds is 12. The van der Waals surface area contributed by atoms with Gasteiger partial charge in [-0.3, -0.25) is 4.68 Å². The predicted octanol–water partition coefficient (Wildman–Crippen LogP) is 7.54. The van der Waals surface area contributed by atoms with Gasteiger partial charge >= 0.3 is 5.97 Å². The zero-order valence-corrected chi connectivity index (χ0v) is 29.7. The van der Waals surface area contributed by atoms with E-state index in [1.54, 1.807) is 7.11 Å². The van der Waals surface area contributed by atoms with Crippen LogP contribution in [-0.4, -0.2) is 65.4 Å². The Morgan fingerprint density at radius 2 is 1.86 bits per heavy atom. The van der Waals surface area contributed by atoms with Crippen LogP contribution >= 0.6 is 0 Å². The molecule has 0 atom stereocenters. The van der Waals surface area contributed by atoms with Gasteiger partial charge in [0.15, 0.2) is 0 Å². The Morgan fingerprint density at radius 3 is 2.61 bits per heavy atom. The van der Waals surface area contributed by atoms with Gasteiger partial charge in [0.05, 0.1) is 43.3 Å². The maximum Gasteiger partial charge on any atom is 0.352 e. The number of para-hydroxylation sites is 1. The molecular weight excluding hydrogens is 616 g/mol. The van der Waals surface area contributed by atoms with Gasteiger partial charge in [0, 0.05) is 42.7 Å². The maximum absolute atomic E-state index is 13.0. The summed E-state index contributed by atoms with van der Waals surface area (Å²) in [7, 11) is 1.71. The number of carboxylic acid groups (broad SMARTS) is 1. The van der Waals surface area contributed by atoms with E-state index in [1.807, 2.05) is 0 Å². The van der Waals surface area contributed by atoms with Gasteiger partial charge in [-0.15, -0.1) is 0 Å². The summed E-state index contributed by atoms with van der Waals surface area (Å²) in [6.07, 6.45) is 10.00. The molecule has 0 spiro atoms. The molecule has 1 fully saturated rings. The topological polar surface area (TPSA) is 99.8 Å². The Labute approximate surface area is 290 Å². The summed E-state index contributed by atoms with van der Waals surface area (Å²) < 4.78 is 22.1. The lowest BCUT2D eigenvalue weighted by atomic mass is 9.91. The van der Waals surface area contributed by atoms with Crippen LogP contribution in [0.1, 0.15) is 103 Å². The van der Waals surface area contributed by atoms with Gasteiger partial charge in [0.2, 0.25) is 0 Å². The Kier molecular flexibility index (Phi) is 12.1. The Morgan fingerprint density at radius 1 is 1.04 bits per heavy atom. The highest BCUT2D eigenvalue weighted by atomic mass is 16.5. The molecule has 7 rings (SSSR count). The van der Waals surface area contributed by atoms with Crippen molar-refractivity contribution in [2.24, 2.45) is 0 Å². The fourth-order valence-electron chi connectivity index (χ4n) is 7.57. The molecule has 0 bridgehead atoms. The van der Waals surface area contributed by atoms with Crippen molar-refractivity contribution in [3.05, 3.63) is 70.2 Å². The van der Waals surface area contributed by atoms with Crippen LogP contribution in [-0.2, 0) is 48.4 Å². The molecule has 264 valence electrons. The molecular formula is C40H54N4O5. The molecule has 9 heteroatoms. The van der Waals surface area contributed by atoms with Crippen molar-refractivity contribution in [2.75, 3.05) is 40.0 Å². The van der Waals surface area contributed by atoms with Crippen LogP contribution in [0.4, 0.5) is 0 Å². The monoisotopic (exact) mass is 670 g/mol. The van der Waals surface area contributed by atoms with E-state index in [1.165, 1.54) is 24.0 Å². The lowest BCUT2D eigenvalue weighted by Gasteiger charge is -2.19. The first-order valence-electron chi connectivity index (χ1n) is 18.6. The number of methoxy groups -OCH3 is 1. The van der Waals surface area contributed by atoms with Gasteiger partial charge in [0.1, 0.15) is 11.4 Å². The molecule has 2 aromatic heterocycles. The zero-order valence-electron chi connectivity index (χ0n) is 29.7. The number of nitrogens with zero attached hydrogens (tertiary/aromatic N) is 3. The molecule has 1 aliphatic heterocycles. The second kappa shape index (κ2) is 16.8. The number of ether oxygens (including phenoxy) is 3. The highest BCUT2D eigenvalue weighted by molar-refractivity contribution is 6.04. The number of aromatic carboxylic acids is 1. The largest absolute Gasteiger partial charge is 0.493 e. The van der Waals surface area contributed by atoms with E-state index in [0.717, 1.165) is 103 Å². The second-order valence-corrected chi connectivity index (χ2v) is 13.5. The van der Waals surface area contributed by atoms with Crippen LogP contribution < -0.4 is 10.1 Å². The van der Waals surface area contributed by atoms with Crippen molar-refractivity contribution < 1.29 is 24.1 Å². The number of nitrogens with one attached hydrogen (secondary N) is 1. The molecule has 1 saturated carbocycles. The molecule has 4 aromatic rings. The molecule has 3 heterocycles. The fourth-order valence-corrected chi connectivity index (χ4v) is 7.57. The van der Waals surface area contributed by atoms with E-state index < -0.39 is 5.97 Å². The number of fused-ring (bicyclic) bond motifs is 3. The van der Waals surface area contributed by atoms with E-state index >= 15 is 0 Å². The Balaban J connectivity index is 0.000000778. The first kappa shape index (κ1) is 35.2. The van der Waals surface area contributed by atoms with E-state index in [-0.39, 0.29) is 0 Å². The molecule has 0 unspecified atom stereocenters. The highest BCUT2D eigenvalue weighted by Crippen LogP contribution is 2.47. The van der Waals surface area contributed by atoms with Gasteiger partial charge in [-0.05, 0) is 100 Å². The molecule has 0 radical (unpaired) electrons. The highest BCUT2D eigenvalue weighted by Gasteiger charge is 2.34. The molecule has 0 saturated heterocycles. The molecule has 2 aromatic carbocycles. The van der Waals surface area contributed by atoms with Crippen LogP contribution in [0.3, 0.4) is 0 Å². The Bertz CT molecular complexity index is 1720. The SMILES string of the molecule is CCNCC.COCCn1nc(C2CC2)c2c1COCCCCn1c(C(=O)O)c(CCCOc3cccc4c3CCCC4)c3cccc-2c31. The summed E-state index contributed by atoms with van der Waals surface area (Å²) >= 11 is 0. The number of benzene rings is 2. The third-order valence-electron chi connectivity index (χ3n) is 10.1. The minimum Gasteiger partial charge on any atom is -0.493 e. The van der Waals surface area contributed by atoms with Crippen LogP contribution in [0.15, 0.2) is 36.4 Å². The smallest absolute Gasteiger partial charge is 0.352 e.